The first-order valence-corrected chi connectivity index (χ1v) is 5.19. The quantitative estimate of drug-likeness (QED) is 0.747. The van der Waals surface area contributed by atoms with Crippen molar-refractivity contribution >= 4 is 6.09 Å². The van der Waals surface area contributed by atoms with Crippen molar-refractivity contribution in [2.24, 2.45) is 5.92 Å². The van der Waals surface area contributed by atoms with Crippen molar-refractivity contribution in [3.05, 3.63) is 0 Å². The van der Waals surface area contributed by atoms with Crippen molar-refractivity contribution in [2.75, 3.05) is 19.8 Å². The maximum Gasteiger partial charge on any atom is 0.410 e. The maximum atomic E-state index is 11.5. The summed E-state index contributed by atoms with van der Waals surface area (Å²) in [5.41, 5.74) is 0. The third-order valence-corrected chi connectivity index (χ3v) is 2.36. The standard InChI is InChI=1S/C10H19NO3/c1-8(2)7-14-10(13)11-5-3-4-9(11)6-12/h8-9,12H,3-7H2,1-2H3. The second-order valence-corrected chi connectivity index (χ2v) is 4.14. The summed E-state index contributed by atoms with van der Waals surface area (Å²) in [5, 5.41) is 9.01. The number of carbonyl (C=O) groups is 1. The van der Waals surface area contributed by atoms with Crippen LogP contribution >= 0.6 is 0 Å². The lowest BCUT2D eigenvalue weighted by atomic mass is 10.2. The lowest BCUT2D eigenvalue weighted by Gasteiger charge is -2.22. The van der Waals surface area contributed by atoms with E-state index in [0.717, 1.165) is 12.8 Å². The van der Waals surface area contributed by atoms with E-state index in [1.165, 1.54) is 0 Å². The Morgan fingerprint density at radius 1 is 1.64 bits per heavy atom. The van der Waals surface area contributed by atoms with Crippen molar-refractivity contribution in [2.45, 2.75) is 32.7 Å². The van der Waals surface area contributed by atoms with E-state index in [4.69, 9.17) is 9.84 Å². The summed E-state index contributed by atoms with van der Waals surface area (Å²) in [4.78, 5) is 13.1. The Kier molecular flexibility index (Phi) is 4.20. The molecule has 1 fully saturated rings. The fourth-order valence-corrected chi connectivity index (χ4v) is 1.59. The Bertz CT molecular complexity index is 194. The summed E-state index contributed by atoms with van der Waals surface area (Å²) in [6.07, 6.45) is 1.56. The summed E-state index contributed by atoms with van der Waals surface area (Å²) in [5.74, 6) is 0.356. The highest BCUT2D eigenvalue weighted by atomic mass is 16.6. The molecule has 4 nitrogen and oxygen atoms in total. The van der Waals surface area contributed by atoms with Crippen LogP contribution in [0.3, 0.4) is 0 Å². The van der Waals surface area contributed by atoms with Gasteiger partial charge in [-0.05, 0) is 18.8 Å². The predicted octanol–water partition coefficient (Wildman–Crippen LogP) is 1.24. The SMILES string of the molecule is CC(C)COC(=O)N1CCCC1CO. The van der Waals surface area contributed by atoms with Crippen LogP contribution in [-0.2, 0) is 4.74 Å². The first-order chi connectivity index (χ1) is 6.65. The minimum atomic E-state index is -0.282. The van der Waals surface area contributed by atoms with Gasteiger partial charge in [0.1, 0.15) is 0 Å². The number of carbonyl (C=O) groups excluding carboxylic acids is 1. The third kappa shape index (κ3) is 2.87. The molecule has 0 spiro atoms. The van der Waals surface area contributed by atoms with E-state index < -0.39 is 0 Å². The van der Waals surface area contributed by atoms with E-state index >= 15 is 0 Å². The monoisotopic (exact) mass is 201 g/mol. The molecule has 4 heteroatoms. The van der Waals surface area contributed by atoms with Crippen molar-refractivity contribution in [3.63, 3.8) is 0 Å². The number of aliphatic hydroxyl groups excluding tert-OH is 1. The molecule has 0 aromatic heterocycles. The van der Waals surface area contributed by atoms with Crippen molar-refractivity contribution < 1.29 is 14.6 Å². The van der Waals surface area contributed by atoms with E-state index in [9.17, 15) is 4.79 Å². The molecule has 0 bridgehead atoms. The van der Waals surface area contributed by atoms with Gasteiger partial charge in [-0.15, -0.1) is 0 Å². The number of rotatable bonds is 3. The number of likely N-dealkylation sites (tertiary alicyclic amines) is 1. The van der Waals surface area contributed by atoms with E-state index in [1.807, 2.05) is 13.8 Å². The van der Waals surface area contributed by atoms with Crippen LogP contribution in [0, 0.1) is 5.92 Å². The molecule has 1 amide bonds. The highest BCUT2D eigenvalue weighted by Crippen LogP contribution is 2.17. The average Bonchev–Trinajstić information content (AvgIpc) is 2.61. The van der Waals surface area contributed by atoms with Crippen LogP contribution in [0.4, 0.5) is 4.79 Å². The predicted molar refractivity (Wildman–Crippen MR) is 53.0 cm³/mol. The zero-order valence-corrected chi connectivity index (χ0v) is 8.90. The van der Waals surface area contributed by atoms with Crippen molar-refractivity contribution in [1.82, 2.24) is 4.90 Å². The highest BCUT2D eigenvalue weighted by Gasteiger charge is 2.29. The molecule has 1 heterocycles. The van der Waals surface area contributed by atoms with Crippen LogP contribution in [0.15, 0.2) is 0 Å². The minimum Gasteiger partial charge on any atom is -0.449 e. The number of hydrogen-bond acceptors (Lipinski definition) is 3. The summed E-state index contributed by atoms with van der Waals surface area (Å²) in [6, 6.07) is -0.0327. The lowest BCUT2D eigenvalue weighted by Crippen LogP contribution is -2.38. The van der Waals surface area contributed by atoms with Gasteiger partial charge in [0.2, 0.25) is 0 Å². The molecule has 1 atom stereocenters. The Morgan fingerprint density at radius 3 is 2.93 bits per heavy atom. The topological polar surface area (TPSA) is 49.8 Å². The molecule has 1 unspecified atom stereocenters. The molecule has 1 aliphatic heterocycles. The van der Waals surface area contributed by atoms with Crippen molar-refractivity contribution in [1.29, 1.82) is 0 Å². The van der Waals surface area contributed by atoms with Gasteiger partial charge in [-0.2, -0.15) is 0 Å². The van der Waals surface area contributed by atoms with Gasteiger partial charge < -0.3 is 14.7 Å². The van der Waals surface area contributed by atoms with Gasteiger partial charge in [0.25, 0.3) is 0 Å². The Labute approximate surface area is 84.8 Å². The van der Waals surface area contributed by atoms with Crippen LogP contribution in [0.25, 0.3) is 0 Å². The molecule has 1 saturated heterocycles. The van der Waals surface area contributed by atoms with Crippen LogP contribution in [0.5, 0.6) is 0 Å². The van der Waals surface area contributed by atoms with Crippen molar-refractivity contribution in [3.8, 4) is 0 Å². The molecular formula is C10H19NO3. The van der Waals surface area contributed by atoms with E-state index in [0.29, 0.717) is 19.1 Å². The van der Waals surface area contributed by atoms with Gasteiger partial charge in [0.15, 0.2) is 0 Å². The van der Waals surface area contributed by atoms with Crippen LogP contribution < -0.4 is 0 Å². The molecule has 1 aliphatic rings. The number of amides is 1. The van der Waals surface area contributed by atoms with E-state index in [2.05, 4.69) is 0 Å². The molecule has 0 aliphatic carbocycles. The molecule has 0 radical (unpaired) electrons. The Morgan fingerprint density at radius 2 is 2.36 bits per heavy atom. The minimum absolute atomic E-state index is 0.0327. The fourth-order valence-electron chi connectivity index (χ4n) is 1.59. The summed E-state index contributed by atoms with van der Waals surface area (Å²) >= 11 is 0. The normalized spacial score (nSPS) is 21.7. The third-order valence-electron chi connectivity index (χ3n) is 2.36. The zero-order chi connectivity index (χ0) is 10.6. The van der Waals surface area contributed by atoms with Gasteiger partial charge >= 0.3 is 6.09 Å². The summed E-state index contributed by atoms with van der Waals surface area (Å²) < 4.78 is 5.10. The first-order valence-electron chi connectivity index (χ1n) is 5.19. The van der Waals surface area contributed by atoms with Gasteiger partial charge in [-0.25, -0.2) is 4.79 Å². The molecule has 1 rings (SSSR count). The maximum absolute atomic E-state index is 11.5. The molecule has 0 aromatic rings. The second-order valence-electron chi connectivity index (χ2n) is 4.14. The average molecular weight is 201 g/mol. The number of hydrogen-bond donors (Lipinski definition) is 1. The zero-order valence-electron chi connectivity index (χ0n) is 8.90. The first kappa shape index (κ1) is 11.3. The van der Waals surface area contributed by atoms with Crippen LogP contribution in [0.1, 0.15) is 26.7 Å². The fraction of sp³-hybridized carbons (Fsp3) is 0.900. The Hall–Kier alpha value is -0.770. The Balaban J connectivity index is 2.35. The largest absolute Gasteiger partial charge is 0.449 e. The lowest BCUT2D eigenvalue weighted by molar-refractivity contribution is 0.0765. The van der Waals surface area contributed by atoms with Crippen LogP contribution in [-0.4, -0.2) is 41.9 Å². The van der Waals surface area contributed by atoms with Gasteiger partial charge in [-0.3, -0.25) is 0 Å². The summed E-state index contributed by atoms with van der Waals surface area (Å²) in [7, 11) is 0. The van der Waals surface area contributed by atoms with E-state index in [1.54, 1.807) is 4.90 Å². The second kappa shape index (κ2) is 5.20. The van der Waals surface area contributed by atoms with Gasteiger partial charge in [0.05, 0.1) is 19.3 Å². The molecule has 82 valence electrons. The van der Waals surface area contributed by atoms with Gasteiger partial charge in [-0.1, -0.05) is 13.8 Å². The molecule has 0 aromatic carbocycles. The number of nitrogens with zero attached hydrogens (tertiary/aromatic N) is 1. The van der Waals surface area contributed by atoms with Gasteiger partial charge in [0, 0.05) is 6.54 Å². The summed E-state index contributed by atoms with van der Waals surface area (Å²) in [6.45, 7) is 5.20. The smallest absolute Gasteiger partial charge is 0.410 e. The highest BCUT2D eigenvalue weighted by molar-refractivity contribution is 5.68. The molecule has 14 heavy (non-hydrogen) atoms. The van der Waals surface area contributed by atoms with E-state index in [-0.39, 0.29) is 18.7 Å². The number of ether oxygens (including phenoxy) is 1. The molecule has 1 N–H and O–H groups in total. The number of aliphatic hydroxyl groups is 1. The van der Waals surface area contributed by atoms with Crippen LogP contribution in [0.2, 0.25) is 0 Å². The molecule has 0 saturated carbocycles. The molecular weight excluding hydrogens is 182 g/mol.